The zero-order valence-electron chi connectivity index (χ0n) is 17.4. The third-order valence-electron chi connectivity index (χ3n) is 5.50. The van der Waals surface area contributed by atoms with Crippen LogP contribution in [0, 0.1) is 6.92 Å². The number of nitrogens with one attached hydrogen (secondary N) is 1. The van der Waals surface area contributed by atoms with Crippen LogP contribution in [0.5, 0.6) is 0 Å². The van der Waals surface area contributed by atoms with Crippen LogP contribution >= 0.6 is 11.8 Å². The summed E-state index contributed by atoms with van der Waals surface area (Å²) in [6.45, 7) is 2.02. The topological polar surface area (TPSA) is 72.2 Å². The van der Waals surface area contributed by atoms with Gasteiger partial charge in [0.1, 0.15) is 0 Å². The molecule has 0 saturated carbocycles. The molecule has 5 rings (SSSR count). The van der Waals surface area contributed by atoms with Gasteiger partial charge in [0, 0.05) is 26.6 Å². The number of anilines is 3. The van der Waals surface area contributed by atoms with E-state index in [2.05, 4.69) is 5.32 Å². The largest absolute Gasteiger partial charge is 0.397 e. The molecule has 0 atom stereocenters. The summed E-state index contributed by atoms with van der Waals surface area (Å²) in [5.41, 5.74) is 10.8. The highest BCUT2D eigenvalue weighted by atomic mass is 32.2. The predicted molar refractivity (Wildman–Crippen MR) is 129 cm³/mol. The van der Waals surface area contributed by atoms with E-state index in [1.54, 1.807) is 24.3 Å². The van der Waals surface area contributed by atoms with E-state index in [9.17, 15) is 9.59 Å². The van der Waals surface area contributed by atoms with Crippen LogP contribution in [0.3, 0.4) is 0 Å². The second-order valence-corrected chi connectivity index (χ2v) is 8.81. The maximum absolute atomic E-state index is 13.5. The summed E-state index contributed by atoms with van der Waals surface area (Å²) in [4.78, 5) is 28.7. The summed E-state index contributed by atoms with van der Waals surface area (Å²) in [6.07, 6.45) is 0. The molecule has 0 bridgehead atoms. The van der Waals surface area contributed by atoms with Gasteiger partial charge in [-0.25, -0.2) is 0 Å². The van der Waals surface area contributed by atoms with Gasteiger partial charge in [-0.05, 0) is 37.3 Å². The number of carbonyl (C=O) groups is 2. The van der Waals surface area contributed by atoms with E-state index in [4.69, 9.17) is 5.73 Å². The fourth-order valence-corrected chi connectivity index (χ4v) is 4.82. The number of rotatable bonds is 4. The van der Waals surface area contributed by atoms with Crippen LogP contribution in [0.1, 0.15) is 37.4 Å². The minimum absolute atomic E-state index is 0.201. The van der Waals surface area contributed by atoms with E-state index in [1.807, 2.05) is 67.6 Å². The zero-order valence-corrected chi connectivity index (χ0v) is 18.2. The summed E-state index contributed by atoms with van der Waals surface area (Å²) in [5, 5.41) is 3.35. The van der Waals surface area contributed by atoms with E-state index in [0.717, 1.165) is 21.0 Å². The Balaban J connectivity index is 1.70. The number of benzene rings is 4. The summed E-state index contributed by atoms with van der Waals surface area (Å²) < 4.78 is 0. The van der Waals surface area contributed by atoms with E-state index >= 15 is 0 Å². The molecular weight excluding hydrogens is 416 g/mol. The molecule has 4 nitrogen and oxygen atoms in total. The van der Waals surface area contributed by atoms with Gasteiger partial charge < -0.3 is 11.1 Å². The molecule has 4 aromatic rings. The van der Waals surface area contributed by atoms with Gasteiger partial charge in [-0.3, -0.25) is 9.59 Å². The molecule has 0 saturated heterocycles. The summed E-state index contributed by atoms with van der Waals surface area (Å²) in [6, 6.07) is 26.5. The van der Waals surface area contributed by atoms with Crippen LogP contribution < -0.4 is 11.1 Å². The average molecular weight is 437 g/mol. The molecule has 5 heteroatoms. The smallest absolute Gasteiger partial charge is 0.196 e. The average Bonchev–Trinajstić information content (AvgIpc) is 2.81. The van der Waals surface area contributed by atoms with Gasteiger partial charge in [-0.1, -0.05) is 71.9 Å². The van der Waals surface area contributed by atoms with Crippen molar-refractivity contribution in [3.63, 3.8) is 0 Å². The molecule has 4 aromatic carbocycles. The van der Waals surface area contributed by atoms with Crippen molar-refractivity contribution >= 4 is 40.4 Å². The Kier molecular flexibility index (Phi) is 5.04. The maximum atomic E-state index is 13.5. The maximum Gasteiger partial charge on any atom is 0.196 e. The fraction of sp³-hybridized carbons (Fsp3) is 0.0370. The van der Waals surface area contributed by atoms with Crippen LogP contribution in [0.2, 0.25) is 0 Å². The number of nitrogens with two attached hydrogens (primary N) is 1. The van der Waals surface area contributed by atoms with Crippen molar-refractivity contribution in [2.75, 3.05) is 11.1 Å². The van der Waals surface area contributed by atoms with Crippen molar-refractivity contribution in [2.45, 2.75) is 16.7 Å². The Hall–Kier alpha value is -3.83. The van der Waals surface area contributed by atoms with Crippen molar-refractivity contribution < 1.29 is 9.59 Å². The van der Waals surface area contributed by atoms with Crippen molar-refractivity contribution in [1.29, 1.82) is 0 Å². The summed E-state index contributed by atoms with van der Waals surface area (Å²) >= 11 is 1.47. The van der Waals surface area contributed by atoms with Gasteiger partial charge >= 0.3 is 0 Å². The number of ketones is 2. The quantitative estimate of drug-likeness (QED) is 0.326. The molecule has 0 unspecified atom stereocenters. The van der Waals surface area contributed by atoms with Crippen LogP contribution in [-0.2, 0) is 0 Å². The molecule has 32 heavy (non-hydrogen) atoms. The number of carbonyl (C=O) groups excluding carboxylic acids is 2. The van der Waals surface area contributed by atoms with E-state index in [0.29, 0.717) is 28.1 Å². The predicted octanol–water partition coefficient (Wildman–Crippen LogP) is 6.25. The van der Waals surface area contributed by atoms with Gasteiger partial charge in [0.05, 0.1) is 22.5 Å². The van der Waals surface area contributed by atoms with Crippen LogP contribution in [0.25, 0.3) is 0 Å². The van der Waals surface area contributed by atoms with Gasteiger partial charge in [-0.15, -0.1) is 0 Å². The molecule has 0 fully saturated rings. The Morgan fingerprint density at radius 2 is 1.34 bits per heavy atom. The number of nitrogen functional groups attached to an aromatic ring is 1. The highest BCUT2D eigenvalue weighted by Gasteiger charge is 2.34. The van der Waals surface area contributed by atoms with Crippen molar-refractivity contribution in [3.05, 3.63) is 113 Å². The number of hydrogen-bond acceptors (Lipinski definition) is 5. The molecule has 0 spiro atoms. The van der Waals surface area contributed by atoms with Gasteiger partial charge in [-0.2, -0.15) is 0 Å². The Morgan fingerprint density at radius 1 is 0.750 bits per heavy atom. The normalized spacial score (nSPS) is 12.3. The van der Waals surface area contributed by atoms with Gasteiger partial charge in [0.25, 0.3) is 0 Å². The monoisotopic (exact) mass is 436 g/mol. The first-order valence-corrected chi connectivity index (χ1v) is 11.1. The Labute approximate surface area is 190 Å². The first-order valence-electron chi connectivity index (χ1n) is 10.2. The van der Waals surface area contributed by atoms with Crippen LogP contribution in [0.4, 0.5) is 17.1 Å². The van der Waals surface area contributed by atoms with E-state index < -0.39 is 0 Å². The lowest BCUT2D eigenvalue weighted by molar-refractivity contribution is 0.0980. The molecule has 3 N–H and O–H groups in total. The lowest BCUT2D eigenvalue weighted by Crippen LogP contribution is -2.24. The minimum Gasteiger partial charge on any atom is -0.397 e. The molecule has 0 radical (unpaired) electrons. The van der Waals surface area contributed by atoms with E-state index in [1.165, 1.54) is 11.8 Å². The molecular formula is C27H20N2O2S. The molecule has 156 valence electrons. The van der Waals surface area contributed by atoms with Crippen molar-refractivity contribution in [2.24, 2.45) is 0 Å². The van der Waals surface area contributed by atoms with Crippen molar-refractivity contribution in [3.8, 4) is 0 Å². The first kappa shape index (κ1) is 20.1. The summed E-state index contributed by atoms with van der Waals surface area (Å²) in [7, 11) is 0. The molecule has 0 aliphatic heterocycles. The minimum atomic E-state index is -0.227. The standard InChI is InChI=1S/C27H20N2O2S/c1-16-11-13-17(14-12-16)29-21-15-22(32-18-7-3-2-4-8-18)25(28)24-23(21)26(30)19-9-5-6-10-20(19)27(24)31/h2-15,29H,28H2,1H3. The van der Waals surface area contributed by atoms with Crippen molar-refractivity contribution in [1.82, 2.24) is 0 Å². The molecule has 0 aromatic heterocycles. The highest BCUT2D eigenvalue weighted by molar-refractivity contribution is 7.99. The Bertz CT molecular complexity index is 1360. The van der Waals surface area contributed by atoms with Crippen LogP contribution in [-0.4, -0.2) is 11.6 Å². The Morgan fingerprint density at radius 3 is 2.00 bits per heavy atom. The third-order valence-corrected chi connectivity index (χ3v) is 6.57. The molecule has 0 heterocycles. The third kappa shape index (κ3) is 3.47. The van der Waals surface area contributed by atoms with Gasteiger partial charge in [0.2, 0.25) is 0 Å². The van der Waals surface area contributed by atoms with E-state index in [-0.39, 0.29) is 17.1 Å². The second-order valence-electron chi connectivity index (χ2n) is 7.70. The molecule has 1 aliphatic rings. The number of hydrogen-bond donors (Lipinski definition) is 2. The second kappa shape index (κ2) is 8.02. The fourth-order valence-electron chi connectivity index (χ4n) is 3.88. The molecule has 0 amide bonds. The lowest BCUT2D eigenvalue weighted by atomic mass is 9.82. The highest BCUT2D eigenvalue weighted by Crippen LogP contribution is 2.43. The first-order chi connectivity index (χ1) is 15.5. The summed E-state index contributed by atoms with van der Waals surface area (Å²) in [5.74, 6) is -0.428. The number of fused-ring (bicyclic) bond motifs is 2. The van der Waals surface area contributed by atoms with Crippen LogP contribution in [0.15, 0.2) is 94.7 Å². The molecule has 1 aliphatic carbocycles. The zero-order chi connectivity index (χ0) is 22.2. The van der Waals surface area contributed by atoms with Gasteiger partial charge in [0.15, 0.2) is 11.6 Å². The number of aryl methyl sites for hydroxylation is 1. The SMILES string of the molecule is Cc1ccc(Nc2cc(Sc3ccccc3)c(N)c3c2C(=O)c2ccccc2C3=O)cc1. The lowest BCUT2D eigenvalue weighted by Gasteiger charge is -2.24.